The summed E-state index contributed by atoms with van der Waals surface area (Å²) >= 11 is 0. The van der Waals surface area contributed by atoms with Gasteiger partial charge in [0.1, 0.15) is 5.75 Å². The van der Waals surface area contributed by atoms with E-state index in [1.807, 2.05) is 0 Å². The Labute approximate surface area is 104 Å². The second-order valence-electron chi connectivity index (χ2n) is 4.13. The van der Waals surface area contributed by atoms with Crippen LogP contribution in [-0.2, 0) is 4.74 Å². The fraction of sp³-hybridized carbons (Fsp3) is 0.417. The Kier molecular flexibility index (Phi) is 3.88. The van der Waals surface area contributed by atoms with Gasteiger partial charge in [-0.1, -0.05) is 0 Å². The number of aromatic hydroxyl groups is 1. The molecule has 1 aromatic carbocycles. The molecule has 0 unspecified atom stereocenters. The number of nitro groups is 1. The molecule has 0 aliphatic carbocycles. The lowest BCUT2D eigenvalue weighted by atomic mass is 10.2. The number of rotatable bonds is 4. The van der Waals surface area contributed by atoms with E-state index in [1.165, 1.54) is 24.4 Å². The summed E-state index contributed by atoms with van der Waals surface area (Å²) in [6.45, 7) is 1.28. The summed E-state index contributed by atoms with van der Waals surface area (Å²) in [6, 6.07) is 3.85. The molecular weight excluding hydrogens is 236 g/mol. The molecule has 1 fully saturated rings. The van der Waals surface area contributed by atoms with Crippen LogP contribution in [0.2, 0.25) is 0 Å². The first-order chi connectivity index (χ1) is 8.66. The SMILES string of the molecule is O=[N+]([O-])c1ccc(O)c(C=NC[C@@H]2CCCO2)c1. The van der Waals surface area contributed by atoms with Gasteiger partial charge in [0.25, 0.3) is 5.69 Å². The number of hydrogen-bond acceptors (Lipinski definition) is 5. The van der Waals surface area contributed by atoms with Crippen molar-refractivity contribution in [2.75, 3.05) is 13.2 Å². The number of non-ortho nitro benzene ring substituents is 1. The molecule has 0 amide bonds. The van der Waals surface area contributed by atoms with Crippen molar-refractivity contribution in [1.29, 1.82) is 0 Å². The maximum absolute atomic E-state index is 10.6. The number of hydrogen-bond donors (Lipinski definition) is 1. The molecule has 18 heavy (non-hydrogen) atoms. The van der Waals surface area contributed by atoms with Crippen molar-refractivity contribution in [2.45, 2.75) is 18.9 Å². The second kappa shape index (κ2) is 5.59. The van der Waals surface area contributed by atoms with E-state index in [1.54, 1.807) is 0 Å². The molecule has 0 saturated carbocycles. The fourth-order valence-electron chi connectivity index (χ4n) is 1.82. The Morgan fingerprint density at radius 3 is 3.11 bits per heavy atom. The molecule has 6 heteroatoms. The molecule has 0 aromatic heterocycles. The van der Waals surface area contributed by atoms with Crippen LogP contribution in [0.5, 0.6) is 5.75 Å². The molecule has 96 valence electrons. The van der Waals surface area contributed by atoms with E-state index in [-0.39, 0.29) is 17.5 Å². The van der Waals surface area contributed by atoms with Crippen molar-refractivity contribution in [2.24, 2.45) is 4.99 Å². The van der Waals surface area contributed by atoms with Gasteiger partial charge in [0.05, 0.1) is 17.6 Å². The quantitative estimate of drug-likeness (QED) is 0.502. The van der Waals surface area contributed by atoms with Crippen molar-refractivity contribution in [1.82, 2.24) is 0 Å². The summed E-state index contributed by atoms with van der Waals surface area (Å²) in [5.74, 6) is -0.0170. The molecule has 1 aliphatic heterocycles. The largest absolute Gasteiger partial charge is 0.507 e. The second-order valence-corrected chi connectivity index (χ2v) is 4.13. The van der Waals surface area contributed by atoms with Gasteiger partial charge in [-0.3, -0.25) is 15.1 Å². The summed E-state index contributed by atoms with van der Waals surface area (Å²) in [4.78, 5) is 14.3. The van der Waals surface area contributed by atoms with Crippen LogP contribution in [-0.4, -0.2) is 35.5 Å². The Balaban J connectivity index is 2.04. The Bertz CT molecular complexity index is 467. The van der Waals surface area contributed by atoms with Crippen LogP contribution in [0.3, 0.4) is 0 Å². The van der Waals surface area contributed by atoms with Gasteiger partial charge in [-0.05, 0) is 18.9 Å². The molecule has 6 nitrogen and oxygen atoms in total. The van der Waals surface area contributed by atoms with E-state index >= 15 is 0 Å². The summed E-state index contributed by atoms with van der Waals surface area (Å²) in [5.41, 5.74) is 0.286. The van der Waals surface area contributed by atoms with E-state index in [2.05, 4.69) is 4.99 Å². The number of benzene rings is 1. The fourth-order valence-corrected chi connectivity index (χ4v) is 1.82. The van der Waals surface area contributed by atoms with Crippen molar-refractivity contribution in [3.63, 3.8) is 0 Å². The highest BCUT2D eigenvalue weighted by atomic mass is 16.6. The minimum Gasteiger partial charge on any atom is -0.507 e. The number of aliphatic imine (C=N–C) groups is 1. The third-order valence-corrected chi connectivity index (χ3v) is 2.79. The van der Waals surface area contributed by atoms with Crippen LogP contribution in [0.1, 0.15) is 18.4 Å². The van der Waals surface area contributed by atoms with Gasteiger partial charge in [0.15, 0.2) is 0 Å². The highest BCUT2D eigenvalue weighted by molar-refractivity contribution is 5.84. The van der Waals surface area contributed by atoms with E-state index < -0.39 is 4.92 Å². The van der Waals surface area contributed by atoms with Crippen molar-refractivity contribution in [3.05, 3.63) is 33.9 Å². The first-order valence-electron chi connectivity index (χ1n) is 5.75. The van der Waals surface area contributed by atoms with Gasteiger partial charge in [-0.2, -0.15) is 0 Å². The number of nitro benzene ring substituents is 1. The smallest absolute Gasteiger partial charge is 0.270 e. The number of phenolic OH excluding ortho intramolecular Hbond substituents is 1. The van der Waals surface area contributed by atoms with E-state index in [0.29, 0.717) is 12.1 Å². The zero-order chi connectivity index (χ0) is 13.0. The van der Waals surface area contributed by atoms with Crippen LogP contribution in [0.25, 0.3) is 0 Å². The predicted octanol–water partition coefficient (Wildman–Crippen LogP) is 1.90. The molecule has 0 bridgehead atoms. The average Bonchev–Trinajstić information content (AvgIpc) is 2.84. The highest BCUT2D eigenvalue weighted by Crippen LogP contribution is 2.21. The molecule has 0 spiro atoms. The Morgan fingerprint density at radius 2 is 2.44 bits per heavy atom. The van der Waals surface area contributed by atoms with Crippen molar-refractivity contribution >= 4 is 11.9 Å². The van der Waals surface area contributed by atoms with E-state index in [4.69, 9.17) is 4.74 Å². The first kappa shape index (κ1) is 12.5. The summed E-state index contributed by atoms with van der Waals surface area (Å²) in [6.07, 6.45) is 3.60. The average molecular weight is 250 g/mol. The van der Waals surface area contributed by atoms with Gasteiger partial charge in [-0.25, -0.2) is 0 Å². The molecule has 1 aromatic rings. The van der Waals surface area contributed by atoms with Crippen LogP contribution < -0.4 is 0 Å². The number of nitrogens with zero attached hydrogens (tertiary/aromatic N) is 2. The first-order valence-corrected chi connectivity index (χ1v) is 5.75. The van der Waals surface area contributed by atoms with Gasteiger partial charge >= 0.3 is 0 Å². The predicted molar refractivity (Wildman–Crippen MR) is 66.2 cm³/mol. The zero-order valence-electron chi connectivity index (χ0n) is 9.78. The molecule has 2 rings (SSSR count). The third-order valence-electron chi connectivity index (χ3n) is 2.79. The zero-order valence-corrected chi connectivity index (χ0v) is 9.78. The van der Waals surface area contributed by atoms with Gasteiger partial charge in [0, 0.05) is 30.5 Å². The summed E-state index contributed by atoms with van der Waals surface area (Å²) in [7, 11) is 0. The lowest BCUT2D eigenvalue weighted by molar-refractivity contribution is -0.384. The summed E-state index contributed by atoms with van der Waals surface area (Å²) < 4.78 is 5.40. The third kappa shape index (κ3) is 3.04. The van der Waals surface area contributed by atoms with Gasteiger partial charge in [0.2, 0.25) is 0 Å². The molecule has 1 saturated heterocycles. The highest BCUT2D eigenvalue weighted by Gasteiger charge is 2.14. The minimum absolute atomic E-state index is 0.0170. The standard InChI is InChI=1S/C12H14N2O4/c15-12-4-3-10(14(16)17)6-9(12)7-13-8-11-2-1-5-18-11/h3-4,6-7,11,15H,1-2,5,8H2/t11-/m0/s1. The van der Waals surface area contributed by atoms with Gasteiger partial charge in [-0.15, -0.1) is 0 Å². The number of phenols is 1. The van der Waals surface area contributed by atoms with Crippen LogP contribution in [0, 0.1) is 10.1 Å². The lowest BCUT2D eigenvalue weighted by Crippen LogP contribution is -2.08. The minimum atomic E-state index is -0.503. The molecule has 1 heterocycles. The molecule has 0 radical (unpaired) electrons. The Hall–Kier alpha value is -1.95. The van der Waals surface area contributed by atoms with Crippen LogP contribution in [0.4, 0.5) is 5.69 Å². The van der Waals surface area contributed by atoms with Crippen LogP contribution >= 0.6 is 0 Å². The summed E-state index contributed by atoms with van der Waals surface area (Å²) in [5, 5.41) is 20.2. The van der Waals surface area contributed by atoms with Crippen molar-refractivity contribution < 1.29 is 14.8 Å². The molecule has 1 aliphatic rings. The van der Waals surface area contributed by atoms with E-state index in [0.717, 1.165) is 19.4 Å². The normalized spacial score (nSPS) is 19.4. The topological polar surface area (TPSA) is 85.0 Å². The molecule has 1 atom stereocenters. The molecule has 1 N–H and O–H groups in total. The lowest BCUT2D eigenvalue weighted by Gasteiger charge is -2.04. The van der Waals surface area contributed by atoms with Crippen LogP contribution in [0.15, 0.2) is 23.2 Å². The number of ether oxygens (including phenoxy) is 1. The van der Waals surface area contributed by atoms with Crippen molar-refractivity contribution in [3.8, 4) is 5.75 Å². The Morgan fingerprint density at radius 1 is 1.61 bits per heavy atom. The maximum atomic E-state index is 10.6. The monoisotopic (exact) mass is 250 g/mol. The molecular formula is C12H14N2O4. The van der Waals surface area contributed by atoms with E-state index in [9.17, 15) is 15.2 Å². The maximum Gasteiger partial charge on any atom is 0.270 e. The van der Waals surface area contributed by atoms with Gasteiger partial charge < -0.3 is 9.84 Å².